The zero-order chi connectivity index (χ0) is 9.26. The van der Waals surface area contributed by atoms with Crippen molar-refractivity contribution in [3.63, 3.8) is 0 Å². The summed E-state index contributed by atoms with van der Waals surface area (Å²) < 4.78 is 2.45. The van der Waals surface area contributed by atoms with E-state index in [1.165, 1.54) is 36.5 Å². The molecule has 0 aliphatic carbocycles. The number of hydrogen-bond donors (Lipinski definition) is 0. The van der Waals surface area contributed by atoms with Gasteiger partial charge < -0.3 is 4.57 Å². The van der Waals surface area contributed by atoms with Crippen LogP contribution in [0.3, 0.4) is 0 Å². The molecule has 0 aromatic carbocycles. The van der Waals surface area contributed by atoms with Crippen molar-refractivity contribution in [3.8, 4) is 0 Å². The molecule has 13 heavy (non-hydrogen) atoms. The fourth-order valence-corrected chi connectivity index (χ4v) is 3.23. The van der Waals surface area contributed by atoms with Gasteiger partial charge in [-0.1, -0.05) is 0 Å². The molecule has 1 aliphatic heterocycles. The highest BCUT2D eigenvalue weighted by Crippen LogP contribution is 2.28. The van der Waals surface area contributed by atoms with Crippen molar-refractivity contribution < 1.29 is 0 Å². The van der Waals surface area contributed by atoms with Gasteiger partial charge in [-0.3, -0.25) is 0 Å². The van der Waals surface area contributed by atoms with Crippen LogP contribution in [0.5, 0.6) is 0 Å². The molecule has 0 spiro atoms. The van der Waals surface area contributed by atoms with Crippen LogP contribution in [0, 0.1) is 13.8 Å². The van der Waals surface area contributed by atoms with E-state index in [2.05, 4.69) is 42.3 Å². The Morgan fingerprint density at radius 1 is 1.38 bits per heavy atom. The van der Waals surface area contributed by atoms with E-state index < -0.39 is 0 Å². The Kier molecular flexibility index (Phi) is 2.68. The summed E-state index contributed by atoms with van der Waals surface area (Å²) in [5.74, 6) is 1.37. The Morgan fingerprint density at radius 2 is 2.08 bits per heavy atom. The molecule has 1 aromatic rings. The Labute approximate surface area is 84.5 Å². The van der Waals surface area contributed by atoms with Crippen molar-refractivity contribution in [2.24, 2.45) is 0 Å². The van der Waals surface area contributed by atoms with Crippen LogP contribution in [0.15, 0.2) is 12.1 Å². The zero-order valence-corrected chi connectivity index (χ0v) is 9.23. The maximum Gasteiger partial charge on any atom is 0.0343 e. The van der Waals surface area contributed by atoms with Gasteiger partial charge in [-0.15, -0.1) is 0 Å². The van der Waals surface area contributed by atoms with Gasteiger partial charge in [0, 0.05) is 23.2 Å². The molecule has 0 saturated carbocycles. The van der Waals surface area contributed by atoms with Crippen molar-refractivity contribution in [2.45, 2.75) is 38.5 Å². The predicted molar refractivity (Wildman–Crippen MR) is 59.4 cm³/mol. The molecule has 2 rings (SSSR count). The summed E-state index contributed by atoms with van der Waals surface area (Å²) in [5.41, 5.74) is 2.81. The standard InChI is InChI=1S/C11H17NS/c1-9-5-6-10(2)12(9)8-11-4-3-7-13-11/h5-6,11H,3-4,7-8H2,1-2H3. The first-order valence-electron chi connectivity index (χ1n) is 5.01. The van der Waals surface area contributed by atoms with E-state index >= 15 is 0 Å². The number of rotatable bonds is 2. The average molecular weight is 195 g/mol. The van der Waals surface area contributed by atoms with Crippen LogP contribution in [0.1, 0.15) is 24.2 Å². The molecule has 1 nitrogen and oxygen atoms in total. The summed E-state index contributed by atoms with van der Waals surface area (Å²) in [6.45, 7) is 5.62. The first kappa shape index (κ1) is 9.20. The van der Waals surface area contributed by atoms with Gasteiger partial charge in [-0.05, 0) is 44.6 Å². The molecule has 1 saturated heterocycles. The van der Waals surface area contributed by atoms with Crippen molar-refractivity contribution in [1.29, 1.82) is 0 Å². The highest BCUT2D eigenvalue weighted by molar-refractivity contribution is 8.00. The van der Waals surface area contributed by atoms with Crippen molar-refractivity contribution in [2.75, 3.05) is 5.75 Å². The minimum absolute atomic E-state index is 0.866. The van der Waals surface area contributed by atoms with Crippen molar-refractivity contribution in [3.05, 3.63) is 23.5 Å². The maximum atomic E-state index is 2.45. The summed E-state index contributed by atoms with van der Waals surface area (Å²) >= 11 is 2.14. The molecule has 0 radical (unpaired) electrons. The van der Waals surface area contributed by atoms with Gasteiger partial charge in [0.1, 0.15) is 0 Å². The molecule has 0 bridgehead atoms. The summed E-state index contributed by atoms with van der Waals surface area (Å²) in [6, 6.07) is 4.43. The van der Waals surface area contributed by atoms with Crippen LogP contribution in [0.4, 0.5) is 0 Å². The smallest absolute Gasteiger partial charge is 0.0343 e. The van der Waals surface area contributed by atoms with Crippen LogP contribution in [-0.4, -0.2) is 15.6 Å². The lowest BCUT2D eigenvalue weighted by Gasteiger charge is -2.13. The molecular formula is C11H17NS. The lowest BCUT2D eigenvalue weighted by molar-refractivity contribution is 0.616. The normalized spacial score (nSPS) is 22.5. The van der Waals surface area contributed by atoms with Gasteiger partial charge in [0.15, 0.2) is 0 Å². The third-order valence-corrected chi connectivity index (χ3v) is 4.21. The van der Waals surface area contributed by atoms with Crippen LogP contribution >= 0.6 is 11.8 Å². The summed E-state index contributed by atoms with van der Waals surface area (Å²) in [4.78, 5) is 0. The highest BCUT2D eigenvalue weighted by atomic mass is 32.2. The first-order chi connectivity index (χ1) is 6.27. The first-order valence-corrected chi connectivity index (χ1v) is 6.06. The molecule has 1 atom stereocenters. The van der Waals surface area contributed by atoms with Crippen LogP contribution in [0.25, 0.3) is 0 Å². The fourth-order valence-electron chi connectivity index (χ4n) is 1.98. The molecule has 0 amide bonds. The van der Waals surface area contributed by atoms with Crippen molar-refractivity contribution >= 4 is 11.8 Å². The second kappa shape index (κ2) is 3.79. The summed E-state index contributed by atoms with van der Waals surface area (Å²) in [7, 11) is 0. The minimum atomic E-state index is 0.866. The van der Waals surface area contributed by atoms with E-state index in [1.807, 2.05) is 0 Å². The number of aryl methyl sites for hydroxylation is 2. The van der Waals surface area contributed by atoms with E-state index in [9.17, 15) is 0 Å². The third-order valence-electron chi connectivity index (χ3n) is 2.83. The third kappa shape index (κ3) is 1.93. The maximum absolute atomic E-state index is 2.45. The highest BCUT2D eigenvalue weighted by Gasteiger charge is 2.16. The summed E-state index contributed by atoms with van der Waals surface area (Å²) in [5, 5.41) is 0.866. The van der Waals surface area contributed by atoms with Crippen LogP contribution in [0.2, 0.25) is 0 Å². The monoisotopic (exact) mass is 195 g/mol. The number of hydrogen-bond acceptors (Lipinski definition) is 1. The lowest BCUT2D eigenvalue weighted by atomic mass is 10.2. The quantitative estimate of drug-likeness (QED) is 0.702. The Hall–Kier alpha value is -0.370. The minimum Gasteiger partial charge on any atom is -0.348 e. The van der Waals surface area contributed by atoms with E-state index in [0.29, 0.717) is 0 Å². The van der Waals surface area contributed by atoms with Crippen LogP contribution < -0.4 is 0 Å². The van der Waals surface area contributed by atoms with Gasteiger partial charge in [0.25, 0.3) is 0 Å². The van der Waals surface area contributed by atoms with Crippen LogP contribution in [-0.2, 0) is 6.54 Å². The van der Waals surface area contributed by atoms with Gasteiger partial charge in [-0.25, -0.2) is 0 Å². The van der Waals surface area contributed by atoms with E-state index in [0.717, 1.165) is 5.25 Å². The van der Waals surface area contributed by atoms with Gasteiger partial charge in [0.05, 0.1) is 0 Å². The average Bonchev–Trinajstić information content (AvgIpc) is 2.70. The molecule has 0 N–H and O–H groups in total. The van der Waals surface area contributed by atoms with E-state index in [1.54, 1.807) is 0 Å². The van der Waals surface area contributed by atoms with Gasteiger partial charge >= 0.3 is 0 Å². The Balaban J connectivity index is 2.07. The topological polar surface area (TPSA) is 4.93 Å². The van der Waals surface area contributed by atoms with Crippen molar-refractivity contribution in [1.82, 2.24) is 4.57 Å². The largest absolute Gasteiger partial charge is 0.348 e. The molecule has 1 aliphatic rings. The molecule has 1 unspecified atom stereocenters. The predicted octanol–water partition coefficient (Wildman–Crippen LogP) is 3.00. The zero-order valence-electron chi connectivity index (χ0n) is 8.42. The molecule has 2 heteroatoms. The molecular weight excluding hydrogens is 178 g/mol. The summed E-state index contributed by atoms with van der Waals surface area (Å²) in [6.07, 6.45) is 2.82. The fraction of sp³-hybridized carbons (Fsp3) is 0.636. The van der Waals surface area contributed by atoms with Gasteiger partial charge in [0.2, 0.25) is 0 Å². The number of thioether (sulfide) groups is 1. The van der Waals surface area contributed by atoms with E-state index in [4.69, 9.17) is 0 Å². The second-order valence-electron chi connectivity index (χ2n) is 3.86. The molecule has 1 fully saturated rings. The Morgan fingerprint density at radius 3 is 2.62 bits per heavy atom. The van der Waals surface area contributed by atoms with E-state index in [-0.39, 0.29) is 0 Å². The molecule has 2 heterocycles. The second-order valence-corrected chi connectivity index (χ2v) is 5.27. The Bertz CT molecular complexity index is 265. The number of nitrogens with zero attached hydrogens (tertiary/aromatic N) is 1. The molecule has 72 valence electrons. The lowest BCUT2D eigenvalue weighted by Crippen LogP contribution is -2.12. The number of aromatic nitrogens is 1. The SMILES string of the molecule is Cc1ccc(C)n1CC1CCCS1. The van der Waals surface area contributed by atoms with Gasteiger partial charge in [-0.2, -0.15) is 11.8 Å². The molecule has 1 aromatic heterocycles.